The van der Waals surface area contributed by atoms with Crippen molar-refractivity contribution in [2.24, 2.45) is 0 Å². The highest BCUT2D eigenvalue weighted by Crippen LogP contribution is 2.26. The van der Waals surface area contributed by atoms with Crippen molar-refractivity contribution in [3.05, 3.63) is 59.4 Å². The predicted octanol–water partition coefficient (Wildman–Crippen LogP) is 3.44. The van der Waals surface area contributed by atoms with E-state index in [0.29, 0.717) is 11.3 Å². The molecule has 2 N–H and O–H groups in total. The minimum absolute atomic E-state index is 0.178. The van der Waals surface area contributed by atoms with Crippen molar-refractivity contribution in [2.75, 3.05) is 17.2 Å². The van der Waals surface area contributed by atoms with E-state index in [1.54, 1.807) is 18.2 Å². The molecule has 3 rings (SSSR count). The van der Waals surface area contributed by atoms with Crippen LogP contribution in [0.3, 0.4) is 0 Å². The lowest BCUT2D eigenvalue weighted by molar-refractivity contribution is 0.102. The molecule has 0 atom stereocenters. The van der Waals surface area contributed by atoms with Gasteiger partial charge < -0.3 is 10.6 Å². The van der Waals surface area contributed by atoms with Crippen molar-refractivity contribution in [1.82, 2.24) is 0 Å². The fraction of sp³-hybridized carbons (Fsp3) is 0.188. The second kappa shape index (κ2) is 5.33. The topological polar surface area (TPSA) is 41.1 Å². The summed E-state index contributed by atoms with van der Waals surface area (Å²) in [6.07, 6.45) is 2.07. The van der Waals surface area contributed by atoms with Crippen LogP contribution in [-0.4, -0.2) is 12.5 Å². The van der Waals surface area contributed by atoms with Crippen molar-refractivity contribution >= 4 is 17.3 Å². The van der Waals surface area contributed by atoms with Gasteiger partial charge in [-0.25, -0.2) is 4.39 Å². The average molecular weight is 270 g/mol. The molecule has 0 unspecified atom stereocenters. The van der Waals surface area contributed by atoms with Crippen molar-refractivity contribution < 1.29 is 9.18 Å². The number of amides is 1. The molecular formula is C16H15FN2O. The quantitative estimate of drug-likeness (QED) is 0.877. The van der Waals surface area contributed by atoms with Crippen molar-refractivity contribution in [3.8, 4) is 0 Å². The third kappa shape index (κ3) is 2.50. The number of nitrogens with one attached hydrogen (secondary N) is 2. The highest BCUT2D eigenvalue weighted by Gasteiger charge is 2.17. The highest BCUT2D eigenvalue weighted by molar-refractivity contribution is 6.08. The Labute approximate surface area is 116 Å². The van der Waals surface area contributed by atoms with Crippen LogP contribution in [-0.2, 0) is 6.42 Å². The van der Waals surface area contributed by atoms with Crippen LogP contribution in [0, 0.1) is 5.82 Å². The average Bonchev–Trinajstić information content (AvgIpc) is 2.49. The molecule has 0 spiro atoms. The first kappa shape index (κ1) is 12.7. The predicted molar refractivity (Wildman–Crippen MR) is 77.6 cm³/mol. The summed E-state index contributed by atoms with van der Waals surface area (Å²) < 4.78 is 12.8. The van der Waals surface area contributed by atoms with Gasteiger partial charge in [-0.3, -0.25) is 4.79 Å². The zero-order valence-electron chi connectivity index (χ0n) is 10.9. The smallest absolute Gasteiger partial charge is 0.257 e. The normalized spacial score (nSPS) is 13.2. The van der Waals surface area contributed by atoms with E-state index in [0.717, 1.165) is 25.1 Å². The largest absolute Gasteiger partial charge is 0.384 e. The Balaban J connectivity index is 1.85. The van der Waals surface area contributed by atoms with Gasteiger partial charge in [-0.2, -0.15) is 0 Å². The number of rotatable bonds is 2. The van der Waals surface area contributed by atoms with Crippen LogP contribution in [0.1, 0.15) is 22.3 Å². The van der Waals surface area contributed by atoms with Crippen molar-refractivity contribution in [1.29, 1.82) is 0 Å². The van der Waals surface area contributed by atoms with E-state index in [1.807, 2.05) is 12.1 Å². The Hall–Kier alpha value is -2.36. The van der Waals surface area contributed by atoms with E-state index in [9.17, 15) is 9.18 Å². The standard InChI is InChI=1S/C16H15FN2O/c17-12-6-8-13(9-7-12)19-16(20)14-5-1-3-11-4-2-10-18-15(11)14/h1,3,5-9,18H,2,4,10H2,(H,19,20). The summed E-state index contributed by atoms with van der Waals surface area (Å²) in [6.45, 7) is 0.883. The molecule has 1 aliphatic heterocycles. The van der Waals surface area contributed by atoms with E-state index in [2.05, 4.69) is 10.6 Å². The van der Waals surface area contributed by atoms with Crippen LogP contribution in [0.25, 0.3) is 0 Å². The molecule has 1 aliphatic rings. The van der Waals surface area contributed by atoms with Gasteiger partial charge in [0, 0.05) is 12.2 Å². The first-order chi connectivity index (χ1) is 9.74. The summed E-state index contributed by atoms with van der Waals surface area (Å²) in [6, 6.07) is 11.5. The summed E-state index contributed by atoms with van der Waals surface area (Å²) in [5.41, 5.74) is 3.30. The van der Waals surface area contributed by atoms with Crippen molar-refractivity contribution in [3.63, 3.8) is 0 Å². The number of carbonyl (C=O) groups excluding carboxylic acids is 1. The van der Waals surface area contributed by atoms with Crippen LogP contribution >= 0.6 is 0 Å². The van der Waals surface area contributed by atoms with Gasteiger partial charge >= 0.3 is 0 Å². The number of para-hydroxylation sites is 1. The molecule has 2 aromatic carbocycles. The number of hydrogen-bond donors (Lipinski definition) is 2. The van der Waals surface area contributed by atoms with E-state index < -0.39 is 0 Å². The fourth-order valence-corrected chi connectivity index (χ4v) is 2.43. The molecule has 4 heteroatoms. The second-order valence-electron chi connectivity index (χ2n) is 4.83. The number of benzene rings is 2. The minimum Gasteiger partial charge on any atom is -0.384 e. The molecule has 0 aromatic heterocycles. The molecule has 1 heterocycles. The fourth-order valence-electron chi connectivity index (χ4n) is 2.43. The van der Waals surface area contributed by atoms with E-state index in [1.165, 1.54) is 17.7 Å². The van der Waals surface area contributed by atoms with Gasteiger partial charge in [0.15, 0.2) is 0 Å². The maximum atomic E-state index is 12.8. The Morgan fingerprint density at radius 1 is 1.15 bits per heavy atom. The molecule has 3 nitrogen and oxygen atoms in total. The number of fused-ring (bicyclic) bond motifs is 1. The van der Waals surface area contributed by atoms with Crippen LogP contribution in [0.5, 0.6) is 0 Å². The van der Waals surface area contributed by atoms with Crippen LogP contribution in [0.4, 0.5) is 15.8 Å². The van der Waals surface area contributed by atoms with Gasteiger partial charge in [-0.15, -0.1) is 0 Å². The molecule has 0 fully saturated rings. The van der Waals surface area contributed by atoms with Gasteiger partial charge in [-0.05, 0) is 48.7 Å². The Bertz CT molecular complexity index is 637. The molecule has 0 radical (unpaired) electrons. The summed E-state index contributed by atoms with van der Waals surface area (Å²) in [7, 11) is 0. The van der Waals surface area contributed by atoms with E-state index in [4.69, 9.17) is 0 Å². The zero-order valence-corrected chi connectivity index (χ0v) is 10.9. The van der Waals surface area contributed by atoms with Gasteiger partial charge in [0.05, 0.1) is 11.3 Å². The number of halogens is 1. The third-order valence-corrected chi connectivity index (χ3v) is 3.42. The Morgan fingerprint density at radius 2 is 1.95 bits per heavy atom. The summed E-state index contributed by atoms with van der Waals surface area (Å²) in [5.74, 6) is -0.496. The van der Waals surface area contributed by atoms with Crippen LogP contribution in [0.2, 0.25) is 0 Å². The molecule has 0 aliphatic carbocycles. The molecule has 0 saturated carbocycles. The lowest BCUT2D eigenvalue weighted by Crippen LogP contribution is -2.19. The molecule has 20 heavy (non-hydrogen) atoms. The molecule has 1 amide bonds. The third-order valence-electron chi connectivity index (χ3n) is 3.42. The first-order valence-electron chi connectivity index (χ1n) is 6.67. The number of hydrogen-bond acceptors (Lipinski definition) is 2. The lowest BCUT2D eigenvalue weighted by atomic mass is 9.99. The van der Waals surface area contributed by atoms with E-state index >= 15 is 0 Å². The van der Waals surface area contributed by atoms with Gasteiger partial charge in [0.2, 0.25) is 0 Å². The first-order valence-corrected chi connectivity index (χ1v) is 6.67. The SMILES string of the molecule is O=C(Nc1ccc(F)cc1)c1cccc2c1NCCC2. The molecular weight excluding hydrogens is 255 g/mol. The monoisotopic (exact) mass is 270 g/mol. The molecule has 0 saturated heterocycles. The second-order valence-corrected chi connectivity index (χ2v) is 4.83. The summed E-state index contributed by atoms with van der Waals surface area (Å²) in [4.78, 5) is 12.3. The number of aryl methyl sites for hydroxylation is 1. The van der Waals surface area contributed by atoms with Crippen LogP contribution < -0.4 is 10.6 Å². The molecule has 2 aromatic rings. The van der Waals surface area contributed by atoms with Crippen LogP contribution in [0.15, 0.2) is 42.5 Å². The zero-order chi connectivity index (χ0) is 13.9. The Morgan fingerprint density at radius 3 is 2.75 bits per heavy atom. The van der Waals surface area contributed by atoms with Gasteiger partial charge in [0.1, 0.15) is 5.82 Å². The number of carbonyl (C=O) groups is 1. The lowest BCUT2D eigenvalue weighted by Gasteiger charge is -2.20. The van der Waals surface area contributed by atoms with E-state index in [-0.39, 0.29) is 11.7 Å². The highest BCUT2D eigenvalue weighted by atomic mass is 19.1. The maximum Gasteiger partial charge on any atom is 0.257 e. The van der Waals surface area contributed by atoms with Crippen molar-refractivity contribution in [2.45, 2.75) is 12.8 Å². The summed E-state index contributed by atoms with van der Waals surface area (Å²) in [5, 5.41) is 6.08. The maximum absolute atomic E-state index is 12.8. The molecule has 102 valence electrons. The van der Waals surface area contributed by atoms with Gasteiger partial charge in [0.25, 0.3) is 5.91 Å². The minimum atomic E-state index is -0.318. The van der Waals surface area contributed by atoms with Gasteiger partial charge in [-0.1, -0.05) is 12.1 Å². The number of anilines is 2. The Kier molecular flexibility index (Phi) is 3.37. The summed E-state index contributed by atoms with van der Waals surface area (Å²) >= 11 is 0. The molecule has 0 bridgehead atoms.